The molecule has 1 fully saturated rings. The van der Waals surface area contributed by atoms with Gasteiger partial charge in [-0.05, 0) is 69.1 Å². The Bertz CT molecular complexity index is 1190. The molecular weight excluding hydrogens is 498 g/mol. The van der Waals surface area contributed by atoms with E-state index in [4.69, 9.17) is 4.74 Å². The minimum absolute atomic E-state index is 0.0201. The Morgan fingerprint density at radius 3 is 2.76 bits per heavy atom. The number of thioether (sulfide) groups is 1. The van der Waals surface area contributed by atoms with Crippen molar-refractivity contribution in [3.8, 4) is 5.75 Å². The van der Waals surface area contributed by atoms with Crippen LogP contribution >= 0.6 is 11.8 Å². The van der Waals surface area contributed by atoms with Gasteiger partial charge in [-0.3, -0.25) is 15.0 Å². The van der Waals surface area contributed by atoms with Gasteiger partial charge in [-0.25, -0.2) is 19.2 Å². The van der Waals surface area contributed by atoms with Gasteiger partial charge >= 0.3 is 0 Å². The number of carbonyl (C=O) groups is 1. The highest BCUT2D eigenvalue weighted by molar-refractivity contribution is 7.99. The Hall–Kier alpha value is -2.82. The number of pyridine rings is 2. The van der Waals surface area contributed by atoms with Gasteiger partial charge < -0.3 is 9.64 Å². The normalized spacial score (nSPS) is 16.4. The Labute approximate surface area is 219 Å². The highest BCUT2D eigenvalue weighted by Crippen LogP contribution is 2.41. The molecule has 1 amide bonds. The minimum Gasteiger partial charge on any atom is -0.497 e. The zero-order valence-corrected chi connectivity index (χ0v) is 21.6. The molecule has 0 radical (unpaired) electrons. The van der Waals surface area contributed by atoms with Gasteiger partial charge in [-0.2, -0.15) is 0 Å². The van der Waals surface area contributed by atoms with Crippen molar-refractivity contribution in [2.24, 2.45) is 5.41 Å². The fourth-order valence-corrected chi connectivity index (χ4v) is 5.88. The summed E-state index contributed by atoms with van der Waals surface area (Å²) in [6, 6.07) is 10.9. The topological polar surface area (TPSA) is 87.6 Å². The summed E-state index contributed by atoms with van der Waals surface area (Å²) in [4.78, 5) is 23.6. The number of amides is 1. The molecule has 10 heteroatoms. The fraction of sp³-hybridized carbons (Fsp3) is 0.444. The Morgan fingerprint density at radius 1 is 1.27 bits per heavy atom. The highest BCUT2D eigenvalue weighted by atomic mass is 32.2. The second-order valence-electron chi connectivity index (χ2n) is 9.30. The van der Waals surface area contributed by atoms with Crippen LogP contribution < -0.4 is 10.2 Å². The Morgan fingerprint density at radius 2 is 2.08 bits per heavy atom. The molecule has 4 rings (SSSR count). The molecule has 3 aromatic rings. The van der Waals surface area contributed by atoms with E-state index >= 15 is 4.39 Å². The lowest BCUT2D eigenvalue weighted by molar-refractivity contribution is -0.143. The fourth-order valence-electron chi connectivity index (χ4n) is 5.01. The smallest absolute Gasteiger partial charge is 0.249 e. The van der Waals surface area contributed by atoms with E-state index in [0.29, 0.717) is 42.6 Å². The molecule has 198 valence electrons. The molecular formula is C27H32F2N4O3S. The number of likely N-dealkylation sites (tertiary alicyclic amines) is 1. The summed E-state index contributed by atoms with van der Waals surface area (Å²) in [5.74, 6) is 0.908. The molecule has 37 heavy (non-hydrogen) atoms. The third-order valence-corrected chi connectivity index (χ3v) is 8.15. The van der Waals surface area contributed by atoms with Crippen LogP contribution in [0.2, 0.25) is 0 Å². The zero-order chi connectivity index (χ0) is 26.3. The second kappa shape index (κ2) is 12.6. The largest absolute Gasteiger partial charge is 0.497 e. The van der Waals surface area contributed by atoms with Gasteiger partial charge in [0, 0.05) is 41.2 Å². The quantitative estimate of drug-likeness (QED) is 0.198. The van der Waals surface area contributed by atoms with Crippen molar-refractivity contribution in [1.29, 1.82) is 0 Å². The van der Waals surface area contributed by atoms with Crippen LogP contribution in [0.1, 0.15) is 43.0 Å². The number of aromatic nitrogens is 2. The molecule has 1 aliphatic rings. The minimum atomic E-state index is -1.50. The predicted molar refractivity (Wildman–Crippen MR) is 139 cm³/mol. The number of methoxy groups -OCH3 is 1. The second-order valence-corrected chi connectivity index (χ2v) is 10.4. The zero-order valence-electron chi connectivity index (χ0n) is 20.8. The molecule has 3 heterocycles. The molecule has 0 unspecified atom stereocenters. The number of carbonyl (C=O) groups excluding carboxylic acids is 1. The van der Waals surface area contributed by atoms with Crippen molar-refractivity contribution in [2.75, 3.05) is 32.5 Å². The summed E-state index contributed by atoms with van der Waals surface area (Å²) in [5.41, 5.74) is 1.90. The number of alkyl halides is 2. The maximum absolute atomic E-state index is 15.8. The molecule has 1 saturated heterocycles. The lowest BCUT2D eigenvalue weighted by Gasteiger charge is -2.40. The van der Waals surface area contributed by atoms with E-state index in [9.17, 15) is 14.4 Å². The first-order chi connectivity index (χ1) is 18.0. The lowest BCUT2D eigenvalue weighted by Crippen LogP contribution is -2.48. The molecule has 7 nitrogen and oxygen atoms in total. The number of hydrogen-bond donors (Lipinski definition) is 2. The number of piperidine rings is 1. The monoisotopic (exact) mass is 530 g/mol. The molecule has 2 N–H and O–H groups in total. The molecule has 0 bridgehead atoms. The van der Waals surface area contributed by atoms with E-state index in [1.54, 1.807) is 41.6 Å². The summed E-state index contributed by atoms with van der Waals surface area (Å²) >= 11 is 1.68. The average Bonchev–Trinajstić information content (AvgIpc) is 2.95. The predicted octanol–water partition coefficient (Wildman–Crippen LogP) is 5.28. The van der Waals surface area contributed by atoms with Crippen LogP contribution in [0.3, 0.4) is 0 Å². The van der Waals surface area contributed by atoms with Crippen LogP contribution in [0.15, 0.2) is 53.8 Å². The van der Waals surface area contributed by atoms with Gasteiger partial charge in [0.15, 0.2) is 0 Å². The number of fused-ring (bicyclic) bond motifs is 1. The molecule has 2 aromatic heterocycles. The SMILES string of the molecule is COc1ccc2ncc(CF)c([C@H](F)CCC3(C(=O)NO)CCN(CCSc4ccccn4)CC3)c2c1. The number of nitrogens with zero attached hydrogens (tertiary/aromatic N) is 3. The summed E-state index contributed by atoms with van der Waals surface area (Å²) in [5, 5.41) is 10.9. The van der Waals surface area contributed by atoms with E-state index < -0.39 is 24.2 Å². The Kier molecular flexibility index (Phi) is 9.28. The first-order valence-corrected chi connectivity index (χ1v) is 13.3. The van der Waals surface area contributed by atoms with Crippen LogP contribution in [-0.4, -0.2) is 58.5 Å². The number of ether oxygens (including phenoxy) is 1. The van der Waals surface area contributed by atoms with Gasteiger partial charge in [0.1, 0.15) is 18.6 Å². The van der Waals surface area contributed by atoms with Crippen LogP contribution in [-0.2, 0) is 11.5 Å². The maximum atomic E-state index is 15.8. The van der Waals surface area contributed by atoms with Gasteiger partial charge in [-0.1, -0.05) is 6.07 Å². The van der Waals surface area contributed by atoms with E-state index in [2.05, 4.69) is 14.9 Å². The number of benzene rings is 1. The summed E-state index contributed by atoms with van der Waals surface area (Å²) in [6.07, 6.45) is 2.89. The first kappa shape index (κ1) is 27.2. The van der Waals surface area contributed by atoms with Crippen molar-refractivity contribution in [2.45, 2.75) is 43.6 Å². The van der Waals surface area contributed by atoms with Crippen LogP contribution in [0.5, 0.6) is 5.75 Å². The third kappa shape index (κ3) is 6.37. The lowest BCUT2D eigenvalue weighted by atomic mass is 9.73. The summed E-state index contributed by atoms with van der Waals surface area (Å²) < 4.78 is 34.9. The van der Waals surface area contributed by atoms with Crippen molar-refractivity contribution in [3.63, 3.8) is 0 Å². The molecule has 1 atom stereocenters. The van der Waals surface area contributed by atoms with Gasteiger partial charge in [-0.15, -0.1) is 11.8 Å². The van der Waals surface area contributed by atoms with Crippen LogP contribution in [0.4, 0.5) is 8.78 Å². The van der Waals surface area contributed by atoms with E-state index in [1.165, 1.54) is 13.3 Å². The molecule has 0 spiro atoms. The van der Waals surface area contributed by atoms with Crippen molar-refractivity contribution in [3.05, 3.63) is 59.9 Å². The van der Waals surface area contributed by atoms with Crippen LogP contribution in [0.25, 0.3) is 10.9 Å². The van der Waals surface area contributed by atoms with E-state index in [-0.39, 0.29) is 24.0 Å². The molecule has 0 aliphatic carbocycles. The van der Waals surface area contributed by atoms with E-state index in [1.807, 2.05) is 18.2 Å². The number of rotatable bonds is 11. The number of halogens is 2. The molecule has 1 aliphatic heterocycles. The van der Waals surface area contributed by atoms with Gasteiger partial charge in [0.25, 0.3) is 0 Å². The number of hydroxylamine groups is 1. The number of nitrogens with one attached hydrogen (secondary N) is 1. The Balaban J connectivity index is 1.43. The average molecular weight is 531 g/mol. The highest BCUT2D eigenvalue weighted by Gasteiger charge is 2.41. The van der Waals surface area contributed by atoms with Crippen molar-refractivity contribution < 1.29 is 23.5 Å². The summed E-state index contributed by atoms with van der Waals surface area (Å²) in [7, 11) is 1.51. The molecule has 1 aromatic carbocycles. The van der Waals surface area contributed by atoms with E-state index in [0.717, 1.165) is 17.3 Å². The summed E-state index contributed by atoms with van der Waals surface area (Å²) in [6.45, 7) is 1.33. The standard InChI is InChI=1S/C27H32F2N4O3S/c1-36-20-5-6-23-21(16-20)25(19(17-28)18-31-23)22(29)7-8-27(26(34)32-35)9-12-33(13-10-27)14-15-37-24-4-2-3-11-30-24/h2-6,11,16,18,22,35H,7-10,12-15,17H2,1H3,(H,32,34)/t22-/m1/s1. The van der Waals surface area contributed by atoms with Gasteiger partial charge in [0.05, 0.1) is 23.1 Å². The van der Waals surface area contributed by atoms with Crippen molar-refractivity contribution >= 4 is 28.6 Å². The molecule has 0 saturated carbocycles. The van der Waals surface area contributed by atoms with Crippen molar-refractivity contribution in [1.82, 2.24) is 20.3 Å². The third-order valence-electron chi connectivity index (χ3n) is 7.22. The van der Waals surface area contributed by atoms with Gasteiger partial charge in [0.2, 0.25) is 5.91 Å². The maximum Gasteiger partial charge on any atom is 0.249 e. The first-order valence-electron chi connectivity index (χ1n) is 12.4. The van der Waals surface area contributed by atoms with Crippen LogP contribution in [0, 0.1) is 5.41 Å². The number of hydrogen-bond acceptors (Lipinski definition) is 7.